The highest BCUT2D eigenvalue weighted by molar-refractivity contribution is 6.31. The molecule has 1 N–H and O–H groups in total. The lowest BCUT2D eigenvalue weighted by Crippen LogP contribution is -2.37. The van der Waals surface area contributed by atoms with Crippen molar-refractivity contribution in [3.63, 3.8) is 0 Å². The minimum absolute atomic E-state index is 0.0308. The van der Waals surface area contributed by atoms with Gasteiger partial charge in [0.05, 0.1) is 10.7 Å². The van der Waals surface area contributed by atoms with Crippen molar-refractivity contribution in [1.29, 1.82) is 0 Å². The van der Waals surface area contributed by atoms with E-state index in [1.165, 1.54) is 12.3 Å². The first kappa shape index (κ1) is 15.4. The van der Waals surface area contributed by atoms with Crippen LogP contribution in [0.4, 0.5) is 10.1 Å². The first-order chi connectivity index (χ1) is 11.6. The van der Waals surface area contributed by atoms with Crippen LogP contribution in [0.25, 0.3) is 0 Å². The van der Waals surface area contributed by atoms with E-state index in [-0.39, 0.29) is 17.0 Å². The number of rotatable bonds is 4. The van der Waals surface area contributed by atoms with E-state index in [2.05, 4.69) is 15.4 Å². The zero-order chi connectivity index (χ0) is 16.7. The molecule has 0 spiro atoms. The van der Waals surface area contributed by atoms with Gasteiger partial charge >= 0.3 is 0 Å². The number of carbonyl (C=O) groups excluding carboxylic acids is 1. The topological polar surface area (TPSA) is 58.4 Å². The minimum atomic E-state index is -0.426. The molecule has 0 radical (unpaired) electrons. The Bertz CT molecular complexity index is 775. The van der Waals surface area contributed by atoms with Crippen LogP contribution in [0, 0.1) is 5.82 Å². The Hall–Kier alpha value is -2.08. The number of benzene rings is 1. The fraction of sp³-hybridized carbons (Fsp3) is 0.412. The van der Waals surface area contributed by atoms with Crippen molar-refractivity contribution < 1.29 is 13.7 Å². The summed E-state index contributed by atoms with van der Waals surface area (Å²) in [5, 5.41) is 7.11. The summed E-state index contributed by atoms with van der Waals surface area (Å²) >= 11 is 5.84. The van der Waals surface area contributed by atoms with Gasteiger partial charge in [-0.25, -0.2) is 4.39 Å². The number of nitrogens with one attached hydrogen (secondary N) is 1. The maximum Gasteiger partial charge on any atom is 0.256 e. The van der Waals surface area contributed by atoms with Crippen LogP contribution in [0.15, 0.2) is 29.0 Å². The summed E-state index contributed by atoms with van der Waals surface area (Å²) in [7, 11) is 0. The van der Waals surface area contributed by atoms with E-state index in [1.807, 2.05) is 0 Å². The van der Waals surface area contributed by atoms with Crippen molar-refractivity contribution in [2.24, 2.45) is 0 Å². The molecule has 1 saturated carbocycles. The Morgan fingerprint density at radius 3 is 2.96 bits per heavy atom. The number of nitrogens with zero attached hydrogens (tertiary/aromatic N) is 2. The van der Waals surface area contributed by atoms with Crippen LogP contribution in [0.5, 0.6) is 0 Å². The molecule has 126 valence electrons. The summed E-state index contributed by atoms with van der Waals surface area (Å²) in [6, 6.07) is 4.72. The number of halogens is 2. The molecule has 2 aromatic rings. The Labute approximate surface area is 143 Å². The number of hydrogen-bond donors (Lipinski definition) is 1. The van der Waals surface area contributed by atoms with Gasteiger partial charge in [-0.3, -0.25) is 4.79 Å². The molecule has 0 unspecified atom stereocenters. The molecule has 1 aliphatic carbocycles. The van der Waals surface area contributed by atoms with Gasteiger partial charge in [-0.2, -0.15) is 0 Å². The smallest absolute Gasteiger partial charge is 0.256 e. The maximum atomic E-state index is 13.3. The highest BCUT2D eigenvalue weighted by Gasteiger charge is 2.33. The van der Waals surface area contributed by atoms with E-state index in [0.717, 1.165) is 37.2 Å². The first-order valence-corrected chi connectivity index (χ1v) is 8.45. The Balaban J connectivity index is 1.40. The second-order valence-corrected chi connectivity index (χ2v) is 6.80. The number of hydrogen-bond acceptors (Lipinski definition) is 4. The molecule has 5 nitrogen and oxygen atoms in total. The lowest BCUT2D eigenvalue weighted by atomic mass is 10.1. The third-order valence-corrected chi connectivity index (χ3v) is 4.89. The van der Waals surface area contributed by atoms with Crippen molar-refractivity contribution in [3.8, 4) is 0 Å². The van der Waals surface area contributed by atoms with Gasteiger partial charge in [-0.05, 0) is 37.5 Å². The second-order valence-electron chi connectivity index (χ2n) is 6.39. The molecule has 1 saturated heterocycles. The van der Waals surface area contributed by atoms with E-state index in [4.69, 9.17) is 16.1 Å². The fourth-order valence-electron chi connectivity index (χ4n) is 3.12. The Morgan fingerprint density at radius 1 is 1.38 bits per heavy atom. The van der Waals surface area contributed by atoms with Crippen molar-refractivity contribution >= 4 is 23.2 Å². The third-order valence-electron chi connectivity index (χ3n) is 4.60. The average Bonchev–Trinajstić information content (AvgIpc) is 3.10. The van der Waals surface area contributed by atoms with Crippen molar-refractivity contribution in [3.05, 3.63) is 46.6 Å². The van der Waals surface area contributed by atoms with Gasteiger partial charge in [0.1, 0.15) is 17.6 Å². The van der Waals surface area contributed by atoms with Crippen LogP contribution >= 0.6 is 11.6 Å². The number of anilines is 1. The lowest BCUT2D eigenvalue weighted by Gasteiger charge is -2.19. The lowest BCUT2D eigenvalue weighted by molar-refractivity contribution is 0.0939. The highest BCUT2D eigenvalue weighted by Crippen LogP contribution is 2.40. The molecule has 1 amide bonds. The molecule has 2 aliphatic rings. The predicted octanol–water partition coefficient (Wildman–Crippen LogP) is 3.35. The molecule has 2 fully saturated rings. The van der Waals surface area contributed by atoms with Crippen LogP contribution in [0.2, 0.25) is 5.02 Å². The highest BCUT2D eigenvalue weighted by atomic mass is 35.5. The van der Waals surface area contributed by atoms with Gasteiger partial charge < -0.3 is 14.7 Å². The summed E-state index contributed by atoms with van der Waals surface area (Å²) in [5.41, 5.74) is 2.18. The van der Waals surface area contributed by atoms with Crippen molar-refractivity contribution in [1.82, 2.24) is 10.5 Å². The van der Waals surface area contributed by atoms with Crippen LogP contribution in [-0.4, -0.2) is 30.2 Å². The van der Waals surface area contributed by atoms with E-state index >= 15 is 0 Å². The van der Waals surface area contributed by atoms with Gasteiger partial charge in [0, 0.05) is 30.7 Å². The molecular weight excluding hydrogens is 333 g/mol. The zero-order valence-corrected chi connectivity index (χ0v) is 13.7. The van der Waals surface area contributed by atoms with E-state index in [9.17, 15) is 9.18 Å². The Kier molecular flexibility index (Phi) is 3.92. The van der Waals surface area contributed by atoms with Crippen molar-refractivity contribution in [2.75, 3.05) is 18.0 Å². The van der Waals surface area contributed by atoms with E-state index < -0.39 is 5.82 Å². The number of carbonyl (C=O) groups is 1. The normalized spacial score (nSPS) is 20.4. The summed E-state index contributed by atoms with van der Waals surface area (Å²) in [4.78, 5) is 14.5. The summed E-state index contributed by atoms with van der Waals surface area (Å²) in [6.07, 6.45) is 4.38. The van der Waals surface area contributed by atoms with Crippen LogP contribution in [0.1, 0.15) is 41.2 Å². The minimum Gasteiger partial charge on any atom is -0.369 e. The predicted molar refractivity (Wildman–Crippen MR) is 88.0 cm³/mol. The van der Waals surface area contributed by atoms with Gasteiger partial charge in [0.15, 0.2) is 0 Å². The zero-order valence-electron chi connectivity index (χ0n) is 13.0. The Morgan fingerprint density at radius 2 is 2.21 bits per heavy atom. The summed E-state index contributed by atoms with van der Waals surface area (Å²) in [6.45, 7) is 1.45. The fourth-order valence-corrected chi connectivity index (χ4v) is 3.30. The molecule has 24 heavy (non-hydrogen) atoms. The van der Waals surface area contributed by atoms with Crippen LogP contribution in [0.3, 0.4) is 0 Å². The van der Waals surface area contributed by atoms with Gasteiger partial charge in [0.25, 0.3) is 5.91 Å². The molecule has 4 rings (SSSR count). The quantitative estimate of drug-likeness (QED) is 0.919. The molecule has 0 bridgehead atoms. The molecule has 1 atom stereocenters. The SMILES string of the molecule is O=C(N[C@@H]1CCN(c2ccc(F)c(Cl)c2)C1)c1conc1C1CC1. The monoisotopic (exact) mass is 349 g/mol. The number of amides is 1. The largest absolute Gasteiger partial charge is 0.369 e. The van der Waals surface area contributed by atoms with Gasteiger partial charge in [0.2, 0.25) is 0 Å². The van der Waals surface area contributed by atoms with Crippen molar-refractivity contribution in [2.45, 2.75) is 31.2 Å². The van der Waals surface area contributed by atoms with Crippen LogP contribution in [-0.2, 0) is 0 Å². The second kappa shape index (κ2) is 6.09. The third kappa shape index (κ3) is 2.98. The summed E-state index contributed by atoms with van der Waals surface area (Å²) in [5.74, 6) is -0.197. The summed E-state index contributed by atoms with van der Waals surface area (Å²) < 4.78 is 18.3. The van der Waals surface area contributed by atoms with Gasteiger partial charge in [-0.15, -0.1) is 0 Å². The first-order valence-electron chi connectivity index (χ1n) is 8.07. The standard InChI is InChI=1S/C17H17ClFN3O2/c18-14-7-12(3-4-15(14)19)22-6-5-11(8-22)20-17(23)13-9-24-21-16(13)10-1-2-10/h3-4,7,9-11H,1-2,5-6,8H2,(H,20,23)/t11-/m1/s1. The van der Waals surface area contributed by atoms with E-state index in [1.54, 1.807) is 12.1 Å². The maximum absolute atomic E-state index is 13.3. The molecule has 1 aromatic heterocycles. The molecule has 1 aromatic carbocycles. The van der Waals surface area contributed by atoms with Gasteiger partial charge in [-0.1, -0.05) is 16.8 Å². The molecule has 7 heteroatoms. The average molecular weight is 350 g/mol. The van der Waals surface area contributed by atoms with E-state index in [0.29, 0.717) is 18.0 Å². The molecule has 2 heterocycles. The molecule has 1 aliphatic heterocycles. The molecular formula is C17H17ClFN3O2. The number of aromatic nitrogens is 1. The van der Waals surface area contributed by atoms with Crippen LogP contribution < -0.4 is 10.2 Å².